The Labute approximate surface area is 135 Å². The van der Waals surface area contributed by atoms with Crippen LogP contribution in [-0.4, -0.2) is 21.3 Å². The van der Waals surface area contributed by atoms with Crippen LogP contribution in [0.1, 0.15) is 32.5 Å². The fourth-order valence-electron chi connectivity index (χ4n) is 2.66. The number of unbranched alkanes of at least 4 members (excludes halogenated alkanes) is 1. The molecule has 3 rings (SSSR count). The third kappa shape index (κ3) is 2.75. The molecule has 1 aliphatic heterocycles. The molecule has 0 radical (unpaired) electrons. The van der Waals surface area contributed by atoms with Gasteiger partial charge in [-0.1, -0.05) is 32.5 Å². The van der Waals surface area contributed by atoms with Crippen LogP contribution in [0, 0.1) is 5.92 Å². The number of nitrogens with zero attached hydrogens (tertiary/aromatic N) is 2. The molecular weight excluding hydrogens is 298 g/mol. The summed E-state index contributed by atoms with van der Waals surface area (Å²) < 4.78 is 13.2. The second-order valence-corrected chi connectivity index (χ2v) is 6.21. The van der Waals surface area contributed by atoms with E-state index in [1.807, 2.05) is 19.1 Å². The standard InChI is InChI=1S/C16H21N3O2S/c1-3-4-5-15-18-11-6-13-14(21-9-20-13)7-12(11)19(15)8-10(2)16(17)22/h6-7,10H,3-5,8-9H2,1-2H3,(H2,17,22). The fraction of sp³-hybridized carbons (Fsp3) is 0.500. The predicted octanol–water partition coefficient (Wildman–Crippen LogP) is 3.03. The number of ether oxygens (including phenoxy) is 2. The summed E-state index contributed by atoms with van der Waals surface area (Å²) in [5.41, 5.74) is 7.78. The zero-order chi connectivity index (χ0) is 15.7. The third-order valence-electron chi connectivity index (χ3n) is 4.02. The normalized spacial score (nSPS) is 14.5. The molecule has 1 aliphatic rings. The molecule has 0 saturated carbocycles. The van der Waals surface area contributed by atoms with Crippen molar-refractivity contribution in [1.82, 2.24) is 9.55 Å². The summed E-state index contributed by atoms with van der Waals surface area (Å²) in [7, 11) is 0. The first-order valence-electron chi connectivity index (χ1n) is 7.68. The SMILES string of the molecule is CCCCc1nc2cc3c(cc2n1CC(C)C(N)=S)OCO3. The number of aryl methyl sites for hydroxylation is 1. The van der Waals surface area contributed by atoms with E-state index in [0.29, 0.717) is 4.99 Å². The molecule has 0 aliphatic carbocycles. The van der Waals surface area contributed by atoms with E-state index in [1.54, 1.807) is 0 Å². The Balaban J connectivity index is 2.05. The molecule has 2 aromatic rings. The number of fused-ring (bicyclic) bond motifs is 2. The number of benzene rings is 1. The maximum atomic E-state index is 5.79. The van der Waals surface area contributed by atoms with E-state index < -0.39 is 0 Å². The van der Waals surface area contributed by atoms with Gasteiger partial charge < -0.3 is 19.8 Å². The molecule has 1 aromatic heterocycles. The lowest BCUT2D eigenvalue weighted by molar-refractivity contribution is 0.174. The van der Waals surface area contributed by atoms with Crippen LogP contribution in [0.25, 0.3) is 11.0 Å². The first-order valence-corrected chi connectivity index (χ1v) is 8.09. The first kappa shape index (κ1) is 15.1. The first-order chi connectivity index (χ1) is 10.6. The molecule has 5 nitrogen and oxygen atoms in total. The second-order valence-electron chi connectivity index (χ2n) is 5.74. The largest absolute Gasteiger partial charge is 0.454 e. The van der Waals surface area contributed by atoms with E-state index in [4.69, 9.17) is 32.4 Å². The van der Waals surface area contributed by atoms with Crippen molar-refractivity contribution in [1.29, 1.82) is 0 Å². The Morgan fingerprint density at radius 3 is 2.82 bits per heavy atom. The maximum Gasteiger partial charge on any atom is 0.231 e. The smallest absolute Gasteiger partial charge is 0.231 e. The Kier molecular flexibility index (Phi) is 4.20. The van der Waals surface area contributed by atoms with E-state index in [1.165, 1.54) is 0 Å². The van der Waals surface area contributed by atoms with Crippen molar-refractivity contribution < 1.29 is 9.47 Å². The molecule has 0 saturated heterocycles. The van der Waals surface area contributed by atoms with Crippen LogP contribution in [0.3, 0.4) is 0 Å². The van der Waals surface area contributed by atoms with Crippen LogP contribution in [0.2, 0.25) is 0 Å². The van der Waals surface area contributed by atoms with Crippen LogP contribution in [0.15, 0.2) is 12.1 Å². The molecule has 0 fully saturated rings. The highest BCUT2D eigenvalue weighted by atomic mass is 32.1. The minimum atomic E-state index is 0.123. The lowest BCUT2D eigenvalue weighted by atomic mass is 10.1. The van der Waals surface area contributed by atoms with Gasteiger partial charge in [0.05, 0.1) is 16.0 Å². The van der Waals surface area contributed by atoms with Gasteiger partial charge in [0.1, 0.15) is 5.82 Å². The number of thiocarbonyl (C=S) groups is 1. The van der Waals surface area contributed by atoms with Crippen molar-refractivity contribution in [3.63, 3.8) is 0 Å². The van der Waals surface area contributed by atoms with Crippen molar-refractivity contribution >= 4 is 28.2 Å². The van der Waals surface area contributed by atoms with Crippen molar-refractivity contribution in [3.8, 4) is 11.5 Å². The quantitative estimate of drug-likeness (QED) is 0.829. The van der Waals surface area contributed by atoms with Crippen molar-refractivity contribution in [2.45, 2.75) is 39.7 Å². The molecule has 1 atom stereocenters. The van der Waals surface area contributed by atoms with Gasteiger partial charge in [0, 0.05) is 31.0 Å². The number of hydrogen-bond acceptors (Lipinski definition) is 4. The molecule has 6 heteroatoms. The summed E-state index contributed by atoms with van der Waals surface area (Å²) in [6.45, 7) is 5.24. The lowest BCUT2D eigenvalue weighted by Gasteiger charge is -2.14. The van der Waals surface area contributed by atoms with Gasteiger partial charge in [-0.3, -0.25) is 0 Å². The minimum absolute atomic E-state index is 0.123. The number of imidazole rings is 1. The summed E-state index contributed by atoms with van der Waals surface area (Å²) in [4.78, 5) is 5.31. The van der Waals surface area contributed by atoms with Gasteiger partial charge in [-0.2, -0.15) is 0 Å². The van der Waals surface area contributed by atoms with Gasteiger partial charge in [0.2, 0.25) is 6.79 Å². The Bertz CT molecular complexity index is 711. The minimum Gasteiger partial charge on any atom is -0.454 e. The van der Waals surface area contributed by atoms with Gasteiger partial charge in [-0.05, 0) is 6.42 Å². The van der Waals surface area contributed by atoms with Crippen LogP contribution >= 0.6 is 12.2 Å². The highest BCUT2D eigenvalue weighted by molar-refractivity contribution is 7.80. The summed E-state index contributed by atoms with van der Waals surface area (Å²) in [6, 6.07) is 3.96. The molecule has 0 spiro atoms. The summed E-state index contributed by atoms with van der Waals surface area (Å²) in [6.07, 6.45) is 3.19. The second kappa shape index (κ2) is 6.12. The summed E-state index contributed by atoms with van der Waals surface area (Å²) >= 11 is 5.12. The number of hydrogen-bond donors (Lipinski definition) is 1. The molecule has 0 amide bonds. The molecule has 22 heavy (non-hydrogen) atoms. The van der Waals surface area contributed by atoms with Crippen LogP contribution < -0.4 is 15.2 Å². The van der Waals surface area contributed by atoms with Gasteiger partial charge in [0.25, 0.3) is 0 Å². The zero-order valence-corrected chi connectivity index (χ0v) is 13.8. The predicted molar refractivity (Wildman–Crippen MR) is 90.4 cm³/mol. The molecule has 2 heterocycles. The average Bonchev–Trinajstić information content (AvgIpc) is 3.07. The average molecular weight is 319 g/mol. The van der Waals surface area contributed by atoms with E-state index >= 15 is 0 Å². The Morgan fingerprint density at radius 1 is 1.41 bits per heavy atom. The Morgan fingerprint density at radius 2 is 2.14 bits per heavy atom. The van der Waals surface area contributed by atoms with Gasteiger partial charge >= 0.3 is 0 Å². The maximum absolute atomic E-state index is 5.79. The van der Waals surface area contributed by atoms with Crippen LogP contribution in [-0.2, 0) is 13.0 Å². The molecule has 118 valence electrons. The Hall–Kier alpha value is -1.82. The van der Waals surface area contributed by atoms with Crippen LogP contribution in [0.5, 0.6) is 11.5 Å². The van der Waals surface area contributed by atoms with Gasteiger partial charge in [0.15, 0.2) is 11.5 Å². The van der Waals surface area contributed by atoms with Crippen molar-refractivity contribution in [2.75, 3.05) is 6.79 Å². The highest BCUT2D eigenvalue weighted by Crippen LogP contribution is 2.36. The van der Waals surface area contributed by atoms with E-state index in [-0.39, 0.29) is 12.7 Å². The van der Waals surface area contributed by atoms with Gasteiger partial charge in [-0.15, -0.1) is 0 Å². The van der Waals surface area contributed by atoms with E-state index in [2.05, 4.69) is 11.5 Å². The lowest BCUT2D eigenvalue weighted by Crippen LogP contribution is -2.23. The van der Waals surface area contributed by atoms with Crippen LogP contribution in [0.4, 0.5) is 0 Å². The topological polar surface area (TPSA) is 62.3 Å². The summed E-state index contributed by atoms with van der Waals surface area (Å²) in [5.74, 6) is 2.74. The van der Waals surface area contributed by atoms with Crippen molar-refractivity contribution in [3.05, 3.63) is 18.0 Å². The molecule has 1 unspecified atom stereocenters. The molecule has 1 aromatic carbocycles. The molecular formula is C16H21N3O2S. The molecule has 2 N–H and O–H groups in total. The fourth-order valence-corrected chi connectivity index (χ4v) is 2.73. The molecule has 0 bridgehead atoms. The van der Waals surface area contributed by atoms with Gasteiger partial charge in [-0.25, -0.2) is 4.98 Å². The zero-order valence-electron chi connectivity index (χ0n) is 13.0. The monoisotopic (exact) mass is 319 g/mol. The summed E-state index contributed by atoms with van der Waals surface area (Å²) in [5, 5.41) is 0. The number of aromatic nitrogens is 2. The van der Waals surface area contributed by atoms with E-state index in [0.717, 1.165) is 54.2 Å². The highest BCUT2D eigenvalue weighted by Gasteiger charge is 2.20. The van der Waals surface area contributed by atoms with Crippen molar-refractivity contribution in [2.24, 2.45) is 11.7 Å². The number of nitrogens with two attached hydrogens (primary N) is 1. The third-order valence-corrected chi connectivity index (χ3v) is 4.42. The van der Waals surface area contributed by atoms with E-state index in [9.17, 15) is 0 Å². The number of rotatable bonds is 6.